The fourth-order valence-electron chi connectivity index (χ4n) is 1.20. The fraction of sp³-hybridized carbons (Fsp3) is 0.857. The van der Waals surface area contributed by atoms with Crippen LogP contribution in [0.15, 0.2) is 0 Å². The maximum Gasteiger partial charge on any atom is 0.303 e. The van der Waals surface area contributed by atoms with Crippen molar-refractivity contribution in [2.75, 3.05) is 11.5 Å². The van der Waals surface area contributed by atoms with Crippen LogP contribution in [0.2, 0.25) is 0 Å². The highest BCUT2D eigenvalue weighted by Crippen LogP contribution is 2.25. The van der Waals surface area contributed by atoms with Gasteiger partial charge in [-0.05, 0) is 17.9 Å². The van der Waals surface area contributed by atoms with Gasteiger partial charge in [0.25, 0.3) is 0 Å². The minimum Gasteiger partial charge on any atom is -0.481 e. The molecule has 1 rings (SSSR count). The molecular formula is C7H12O3S. The zero-order valence-electron chi connectivity index (χ0n) is 6.19. The molecule has 3 nitrogen and oxygen atoms in total. The minimum absolute atomic E-state index is 0.0359. The molecule has 11 heavy (non-hydrogen) atoms. The van der Waals surface area contributed by atoms with Crippen LogP contribution in [0.5, 0.6) is 0 Å². The number of carbonyl (C=O) groups is 1. The summed E-state index contributed by atoms with van der Waals surface area (Å²) in [5, 5.41) is 17.8. The summed E-state index contributed by atoms with van der Waals surface area (Å²) < 4.78 is 0. The molecule has 2 N–H and O–H groups in total. The van der Waals surface area contributed by atoms with Crippen LogP contribution in [0.4, 0.5) is 0 Å². The largest absolute Gasteiger partial charge is 0.481 e. The van der Waals surface area contributed by atoms with Gasteiger partial charge in [-0.3, -0.25) is 4.79 Å². The third kappa shape index (κ3) is 2.71. The van der Waals surface area contributed by atoms with Gasteiger partial charge in [-0.15, -0.1) is 0 Å². The lowest BCUT2D eigenvalue weighted by Crippen LogP contribution is -2.29. The number of hydrogen-bond donors (Lipinski definition) is 2. The van der Waals surface area contributed by atoms with E-state index >= 15 is 0 Å². The number of rotatable bonds is 2. The molecule has 1 saturated heterocycles. The summed E-state index contributed by atoms with van der Waals surface area (Å²) in [7, 11) is 0. The smallest absolute Gasteiger partial charge is 0.303 e. The van der Waals surface area contributed by atoms with E-state index in [0.29, 0.717) is 0 Å². The van der Waals surface area contributed by atoms with Gasteiger partial charge < -0.3 is 10.2 Å². The molecule has 4 heteroatoms. The van der Waals surface area contributed by atoms with E-state index in [9.17, 15) is 9.90 Å². The normalized spacial score (nSPS) is 31.7. The predicted molar refractivity (Wildman–Crippen MR) is 43.7 cm³/mol. The van der Waals surface area contributed by atoms with Crippen molar-refractivity contribution in [3.05, 3.63) is 0 Å². The Bertz CT molecular complexity index is 149. The third-order valence-electron chi connectivity index (χ3n) is 1.87. The standard InChI is InChI=1S/C7H12O3S/c8-6-1-2-11-4-5(6)3-7(9)10/h5-6,8H,1-4H2,(H,9,10). The number of aliphatic hydroxyl groups is 1. The van der Waals surface area contributed by atoms with E-state index in [1.807, 2.05) is 0 Å². The SMILES string of the molecule is O=C(O)CC1CSCCC1O. The first-order valence-corrected chi connectivity index (χ1v) is 4.83. The molecule has 1 heterocycles. The maximum atomic E-state index is 10.3. The highest BCUT2D eigenvalue weighted by Gasteiger charge is 2.25. The predicted octanol–water partition coefficient (Wildman–Crippen LogP) is 0.575. The second-order valence-electron chi connectivity index (χ2n) is 2.79. The van der Waals surface area contributed by atoms with Crippen molar-refractivity contribution < 1.29 is 15.0 Å². The number of aliphatic hydroxyl groups excluding tert-OH is 1. The van der Waals surface area contributed by atoms with Gasteiger partial charge in [-0.2, -0.15) is 11.8 Å². The quantitative estimate of drug-likeness (QED) is 0.646. The van der Waals surface area contributed by atoms with Crippen LogP contribution in [0.1, 0.15) is 12.8 Å². The van der Waals surface area contributed by atoms with E-state index in [2.05, 4.69) is 0 Å². The van der Waals surface area contributed by atoms with E-state index in [1.165, 1.54) is 0 Å². The van der Waals surface area contributed by atoms with Gasteiger partial charge in [0.15, 0.2) is 0 Å². The Morgan fingerprint density at radius 2 is 2.36 bits per heavy atom. The number of aliphatic carboxylic acids is 1. The van der Waals surface area contributed by atoms with Crippen LogP contribution in [0.3, 0.4) is 0 Å². The zero-order valence-corrected chi connectivity index (χ0v) is 7.01. The summed E-state index contributed by atoms with van der Waals surface area (Å²) >= 11 is 1.73. The van der Waals surface area contributed by atoms with Gasteiger partial charge in [0.1, 0.15) is 0 Å². The average molecular weight is 176 g/mol. The Morgan fingerprint density at radius 1 is 1.64 bits per heavy atom. The van der Waals surface area contributed by atoms with Gasteiger partial charge in [-0.1, -0.05) is 0 Å². The molecule has 0 aromatic carbocycles. The lowest BCUT2D eigenvalue weighted by atomic mass is 9.98. The lowest BCUT2D eigenvalue weighted by Gasteiger charge is -2.25. The molecule has 1 fully saturated rings. The molecule has 0 radical (unpaired) electrons. The molecule has 0 aromatic rings. The molecule has 0 saturated carbocycles. The van der Waals surface area contributed by atoms with Gasteiger partial charge in [-0.25, -0.2) is 0 Å². The number of carboxylic acids is 1. The Hall–Kier alpha value is -0.220. The van der Waals surface area contributed by atoms with Crippen molar-refractivity contribution in [1.82, 2.24) is 0 Å². The van der Waals surface area contributed by atoms with Crippen LogP contribution in [0, 0.1) is 5.92 Å². The van der Waals surface area contributed by atoms with Crippen LogP contribution >= 0.6 is 11.8 Å². The van der Waals surface area contributed by atoms with Crippen molar-refractivity contribution in [2.45, 2.75) is 18.9 Å². The Morgan fingerprint density at radius 3 is 2.91 bits per heavy atom. The summed E-state index contributed by atoms with van der Waals surface area (Å²) in [6, 6.07) is 0. The van der Waals surface area contributed by atoms with Gasteiger partial charge in [0, 0.05) is 5.92 Å². The summed E-state index contributed by atoms with van der Waals surface area (Å²) in [4.78, 5) is 10.3. The second kappa shape index (κ2) is 3.97. The van der Waals surface area contributed by atoms with Crippen molar-refractivity contribution in [2.24, 2.45) is 5.92 Å². The van der Waals surface area contributed by atoms with Crippen LogP contribution in [-0.2, 0) is 4.79 Å². The number of carboxylic acid groups (broad SMARTS) is 1. The van der Waals surface area contributed by atoms with Crippen LogP contribution in [-0.4, -0.2) is 33.8 Å². The molecule has 1 aliphatic rings. The first kappa shape index (κ1) is 8.87. The molecule has 0 bridgehead atoms. The van der Waals surface area contributed by atoms with Crippen molar-refractivity contribution in [1.29, 1.82) is 0 Å². The Labute approximate surface area is 69.8 Å². The molecule has 2 unspecified atom stereocenters. The monoisotopic (exact) mass is 176 g/mol. The minimum atomic E-state index is -0.809. The summed E-state index contributed by atoms with van der Waals surface area (Å²) in [6.45, 7) is 0. The van der Waals surface area contributed by atoms with Crippen molar-refractivity contribution >= 4 is 17.7 Å². The van der Waals surface area contributed by atoms with E-state index in [-0.39, 0.29) is 12.3 Å². The van der Waals surface area contributed by atoms with Crippen molar-refractivity contribution in [3.63, 3.8) is 0 Å². The molecule has 1 aliphatic heterocycles. The zero-order chi connectivity index (χ0) is 8.27. The van der Waals surface area contributed by atoms with Crippen molar-refractivity contribution in [3.8, 4) is 0 Å². The summed E-state index contributed by atoms with van der Waals surface area (Å²) in [5.74, 6) is 0.896. The van der Waals surface area contributed by atoms with Crippen LogP contribution < -0.4 is 0 Å². The molecule has 0 spiro atoms. The molecule has 2 atom stereocenters. The molecule has 64 valence electrons. The fourth-order valence-corrected chi connectivity index (χ4v) is 2.42. The maximum absolute atomic E-state index is 10.3. The summed E-state index contributed by atoms with van der Waals surface area (Å²) in [6.07, 6.45) is 0.448. The third-order valence-corrected chi connectivity index (χ3v) is 3.06. The number of hydrogen-bond acceptors (Lipinski definition) is 3. The molecule has 0 aliphatic carbocycles. The number of thioether (sulfide) groups is 1. The lowest BCUT2D eigenvalue weighted by molar-refractivity contribution is -0.138. The van der Waals surface area contributed by atoms with Gasteiger partial charge in [0.2, 0.25) is 0 Å². The topological polar surface area (TPSA) is 57.5 Å². The average Bonchev–Trinajstić information content (AvgIpc) is 1.93. The Balaban J connectivity index is 2.35. The molecule has 0 aromatic heterocycles. The first-order valence-electron chi connectivity index (χ1n) is 3.67. The molecule has 0 amide bonds. The van der Waals surface area contributed by atoms with E-state index in [1.54, 1.807) is 11.8 Å². The van der Waals surface area contributed by atoms with Gasteiger partial charge in [0.05, 0.1) is 12.5 Å². The van der Waals surface area contributed by atoms with E-state index in [0.717, 1.165) is 17.9 Å². The molecular weight excluding hydrogens is 164 g/mol. The van der Waals surface area contributed by atoms with Crippen LogP contribution in [0.25, 0.3) is 0 Å². The van der Waals surface area contributed by atoms with E-state index in [4.69, 9.17) is 5.11 Å². The summed E-state index contributed by atoms with van der Waals surface area (Å²) in [5.41, 5.74) is 0. The van der Waals surface area contributed by atoms with E-state index < -0.39 is 12.1 Å². The van der Waals surface area contributed by atoms with Gasteiger partial charge >= 0.3 is 5.97 Å². The first-order chi connectivity index (χ1) is 5.20. The second-order valence-corrected chi connectivity index (χ2v) is 3.94. The Kier molecular flexibility index (Phi) is 3.20. The highest BCUT2D eigenvalue weighted by atomic mass is 32.2. The highest BCUT2D eigenvalue weighted by molar-refractivity contribution is 7.99.